The van der Waals surface area contributed by atoms with Crippen molar-refractivity contribution in [2.75, 3.05) is 6.54 Å². The van der Waals surface area contributed by atoms with Crippen molar-refractivity contribution in [3.8, 4) is 0 Å². The Labute approximate surface area is 130 Å². The van der Waals surface area contributed by atoms with Gasteiger partial charge in [0, 0.05) is 28.0 Å². The van der Waals surface area contributed by atoms with Gasteiger partial charge in [0.05, 0.1) is 9.83 Å². The Bertz CT molecular complexity index is 787. The van der Waals surface area contributed by atoms with Crippen LogP contribution in [0.1, 0.15) is 27.7 Å². The number of hydrogen-bond donors (Lipinski definition) is 2. The number of H-pyrrole nitrogens is 1. The highest BCUT2D eigenvalue weighted by molar-refractivity contribution is 9.11. The van der Waals surface area contributed by atoms with E-state index in [9.17, 15) is 0 Å². The minimum absolute atomic E-state index is 0.294. The fourth-order valence-electron chi connectivity index (χ4n) is 3.07. The molecule has 1 unspecified atom stereocenters. The lowest BCUT2D eigenvalue weighted by Gasteiger charge is -2.23. The zero-order valence-electron chi connectivity index (χ0n) is 11.2. The van der Waals surface area contributed by atoms with Crippen molar-refractivity contribution >= 4 is 38.2 Å². The minimum atomic E-state index is 0.294. The van der Waals surface area contributed by atoms with Crippen LogP contribution in [0.15, 0.2) is 34.1 Å². The molecule has 0 aliphatic carbocycles. The van der Waals surface area contributed by atoms with Crippen LogP contribution in [-0.4, -0.2) is 11.5 Å². The Kier molecular flexibility index (Phi) is 2.98. The van der Waals surface area contributed by atoms with Crippen molar-refractivity contribution in [3.05, 3.63) is 55.8 Å². The van der Waals surface area contributed by atoms with Gasteiger partial charge in [0.15, 0.2) is 0 Å². The SMILES string of the molecule is Cc1ccc2[nH]c3c(c2c1)CCNC3c1ccc(Br)s1. The molecule has 1 atom stereocenters. The fraction of sp³-hybridized carbons (Fsp3) is 0.250. The van der Waals surface area contributed by atoms with Crippen molar-refractivity contribution in [1.82, 2.24) is 10.3 Å². The highest BCUT2D eigenvalue weighted by Gasteiger charge is 2.26. The number of hydrogen-bond acceptors (Lipinski definition) is 2. The van der Waals surface area contributed by atoms with E-state index in [1.165, 1.54) is 36.4 Å². The number of nitrogens with one attached hydrogen (secondary N) is 2. The average molecular weight is 347 g/mol. The van der Waals surface area contributed by atoms with Gasteiger partial charge < -0.3 is 10.3 Å². The molecule has 3 aromatic rings. The van der Waals surface area contributed by atoms with Crippen LogP contribution in [0.4, 0.5) is 0 Å². The quantitative estimate of drug-likeness (QED) is 0.665. The Balaban J connectivity index is 1.90. The third-order valence-corrected chi connectivity index (χ3v) is 5.67. The maximum Gasteiger partial charge on any atom is 0.0826 e. The fourth-order valence-corrected chi connectivity index (χ4v) is 4.58. The zero-order valence-corrected chi connectivity index (χ0v) is 13.6. The number of fused-ring (bicyclic) bond motifs is 3. The van der Waals surface area contributed by atoms with E-state index >= 15 is 0 Å². The molecule has 0 radical (unpaired) electrons. The van der Waals surface area contributed by atoms with Gasteiger partial charge in [-0.1, -0.05) is 11.6 Å². The summed E-state index contributed by atoms with van der Waals surface area (Å²) in [4.78, 5) is 4.99. The van der Waals surface area contributed by atoms with E-state index in [1.54, 1.807) is 11.3 Å². The topological polar surface area (TPSA) is 27.8 Å². The van der Waals surface area contributed by atoms with Crippen LogP contribution in [0.25, 0.3) is 10.9 Å². The molecule has 2 nitrogen and oxygen atoms in total. The summed E-state index contributed by atoms with van der Waals surface area (Å²) in [6, 6.07) is 11.3. The second kappa shape index (κ2) is 4.72. The lowest BCUT2D eigenvalue weighted by Crippen LogP contribution is -2.29. The van der Waals surface area contributed by atoms with E-state index in [0.717, 1.165) is 13.0 Å². The Morgan fingerprint density at radius 2 is 2.15 bits per heavy atom. The molecule has 0 saturated heterocycles. The normalized spacial score (nSPS) is 18.4. The molecular weight excluding hydrogens is 332 g/mol. The number of rotatable bonds is 1. The largest absolute Gasteiger partial charge is 0.357 e. The van der Waals surface area contributed by atoms with Gasteiger partial charge in [0.25, 0.3) is 0 Å². The van der Waals surface area contributed by atoms with Gasteiger partial charge in [0.1, 0.15) is 0 Å². The van der Waals surface area contributed by atoms with Gasteiger partial charge in [-0.15, -0.1) is 11.3 Å². The number of aromatic nitrogens is 1. The third-order valence-electron chi connectivity index (χ3n) is 3.99. The second-order valence-electron chi connectivity index (χ2n) is 5.35. The molecule has 0 amide bonds. The predicted molar refractivity (Wildman–Crippen MR) is 88.6 cm³/mol. The summed E-state index contributed by atoms with van der Waals surface area (Å²) < 4.78 is 1.19. The highest BCUT2D eigenvalue weighted by Crippen LogP contribution is 2.37. The number of thiophene rings is 1. The molecule has 0 saturated carbocycles. The van der Waals surface area contributed by atoms with Gasteiger partial charge >= 0.3 is 0 Å². The van der Waals surface area contributed by atoms with Crippen LogP contribution >= 0.6 is 27.3 Å². The number of aryl methyl sites for hydroxylation is 1. The number of halogens is 1. The number of benzene rings is 1. The molecule has 4 rings (SSSR count). The number of aromatic amines is 1. The molecule has 0 fully saturated rings. The molecule has 3 heterocycles. The standard InChI is InChI=1S/C16H15BrN2S/c1-9-2-3-12-11(8-9)10-6-7-18-16(15(10)19-12)13-4-5-14(17)20-13/h2-5,8,16,18-19H,6-7H2,1H3. The molecular formula is C16H15BrN2S. The summed E-state index contributed by atoms with van der Waals surface area (Å²) in [6.07, 6.45) is 1.10. The summed E-state index contributed by atoms with van der Waals surface area (Å²) in [6.45, 7) is 3.20. The van der Waals surface area contributed by atoms with Crippen molar-refractivity contribution < 1.29 is 0 Å². The molecule has 2 N–H and O–H groups in total. The summed E-state index contributed by atoms with van der Waals surface area (Å²) in [5, 5.41) is 5.03. The smallest absolute Gasteiger partial charge is 0.0826 e. The summed E-state index contributed by atoms with van der Waals surface area (Å²) >= 11 is 5.37. The van der Waals surface area contributed by atoms with Gasteiger partial charge in [-0.05, 0) is 59.1 Å². The monoisotopic (exact) mass is 346 g/mol. The van der Waals surface area contributed by atoms with Crippen molar-refractivity contribution in [3.63, 3.8) is 0 Å². The first-order valence-electron chi connectivity index (χ1n) is 6.82. The summed E-state index contributed by atoms with van der Waals surface area (Å²) in [5.41, 5.74) is 5.40. The van der Waals surface area contributed by atoms with E-state index < -0.39 is 0 Å². The van der Waals surface area contributed by atoms with Crippen LogP contribution in [-0.2, 0) is 6.42 Å². The van der Waals surface area contributed by atoms with Crippen molar-refractivity contribution in [1.29, 1.82) is 0 Å². The molecule has 2 aromatic heterocycles. The second-order valence-corrected chi connectivity index (χ2v) is 7.84. The van der Waals surface area contributed by atoms with Gasteiger partial charge in [0.2, 0.25) is 0 Å². The first-order chi connectivity index (χ1) is 9.72. The van der Waals surface area contributed by atoms with Crippen LogP contribution < -0.4 is 5.32 Å². The highest BCUT2D eigenvalue weighted by atomic mass is 79.9. The van der Waals surface area contributed by atoms with Gasteiger partial charge in [-0.25, -0.2) is 0 Å². The maximum atomic E-state index is 3.64. The molecule has 1 aliphatic rings. The van der Waals surface area contributed by atoms with E-state index in [4.69, 9.17) is 0 Å². The van der Waals surface area contributed by atoms with Crippen molar-refractivity contribution in [2.45, 2.75) is 19.4 Å². The van der Waals surface area contributed by atoms with Gasteiger partial charge in [-0.2, -0.15) is 0 Å². The van der Waals surface area contributed by atoms with Gasteiger partial charge in [-0.3, -0.25) is 0 Å². The first-order valence-corrected chi connectivity index (χ1v) is 8.43. The van der Waals surface area contributed by atoms with Crippen LogP contribution in [0.3, 0.4) is 0 Å². The summed E-state index contributed by atoms with van der Waals surface area (Å²) in [7, 11) is 0. The van der Waals surface area contributed by atoms with Crippen LogP contribution in [0, 0.1) is 6.92 Å². The zero-order chi connectivity index (χ0) is 13.7. The van der Waals surface area contributed by atoms with E-state index in [-0.39, 0.29) is 0 Å². The average Bonchev–Trinajstić information content (AvgIpc) is 3.02. The maximum absolute atomic E-state index is 3.64. The molecule has 1 aliphatic heterocycles. The minimum Gasteiger partial charge on any atom is -0.357 e. The predicted octanol–water partition coefficient (Wildman–Crippen LogP) is 4.54. The van der Waals surface area contributed by atoms with E-state index in [1.807, 2.05) is 0 Å². The summed E-state index contributed by atoms with van der Waals surface area (Å²) in [5.74, 6) is 0. The molecule has 20 heavy (non-hydrogen) atoms. The molecule has 0 spiro atoms. The third kappa shape index (κ3) is 1.94. The van der Waals surface area contributed by atoms with Crippen molar-refractivity contribution in [2.24, 2.45) is 0 Å². The van der Waals surface area contributed by atoms with Crippen LogP contribution in [0.5, 0.6) is 0 Å². The molecule has 0 bridgehead atoms. The van der Waals surface area contributed by atoms with E-state index in [2.05, 4.69) is 63.5 Å². The van der Waals surface area contributed by atoms with E-state index in [0.29, 0.717) is 6.04 Å². The lowest BCUT2D eigenvalue weighted by molar-refractivity contribution is 0.567. The Morgan fingerprint density at radius 3 is 2.95 bits per heavy atom. The molecule has 102 valence electrons. The Hall–Kier alpha value is -1.10. The lowest BCUT2D eigenvalue weighted by atomic mass is 9.98. The van der Waals surface area contributed by atoms with Crippen LogP contribution in [0.2, 0.25) is 0 Å². The molecule has 1 aromatic carbocycles. The first kappa shape index (κ1) is 12.6. The Morgan fingerprint density at radius 1 is 1.25 bits per heavy atom. The molecule has 4 heteroatoms.